The summed E-state index contributed by atoms with van der Waals surface area (Å²) in [5.41, 5.74) is -1.42. The lowest BCUT2D eigenvalue weighted by Gasteiger charge is -2.34. The number of carbonyl (C=O) groups excluding carboxylic acids is 2. The second kappa shape index (κ2) is 5.26. The lowest BCUT2D eigenvalue weighted by molar-refractivity contribution is -0.151. The van der Waals surface area contributed by atoms with Crippen molar-refractivity contribution in [2.45, 2.75) is 39.7 Å². The Kier molecular flexibility index (Phi) is 4.37. The highest BCUT2D eigenvalue weighted by molar-refractivity contribution is 5.90. The van der Waals surface area contributed by atoms with Gasteiger partial charge in [-0.1, -0.05) is 13.8 Å². The van der Waals surface area contributed by atoms with E-state index in [4.69, 9.17) is 4.74 Å². The maximum atomic E-state index is 12.5. The molecule has 1 fully saturated rings. The van der Waals surface area contributed by atoms with Gasteiger partial charge in [-0.2, -0.15) is 0 Å². The molecule has 0 bridgehead atoms. The third-order valence-corrected chi connectivity index (χ3v) is 3.87. The largest absolute Gasteiger partial charge is 0.467 e. The Bertz CT molecular complexity index is 331. The van der Waals surface area contributed by atoms with Crippen LogP contribution in [0.2, 0.25) is 0 Å². The average Bonchev–Trinajstić information content (AvgIpc) is 2.77. The van der Waals surface area contributed by atoms with Crippen molar-refractivity contribution in [1.82, 2.24) is 10.6 Å². The van der Waals surface area contributed by atoms with Crippen LogP contribution in [0.3, 0.4) is 0 Å². The highest BCUT2D eigenvalue weighted by Crippen LogP contribution is 2.34. The number of carbonyl (C=O) groups is 2. The highest BCUT2D eigenvalue weighted by atomic mass is 16.5. The molecule has 1 aliphatic rings. The number of nitrogens with one attached hydrogen (secondary N) is 2. The zero-order chi connectivity index (χ0) is 14.0. The van der Waals surface area contributed by atoms with Crippen LogP contribution in [0.15, 0.2) is 0 Å². The molecule has 0 aliphatic carbocycles. The molecule has 2 N–H and O–H groups in total. The fourth-order valence-corrected chi connectivity index (χ4v) is 2.37. The lowest BCUT2D eigenvalue weighted by atomic mass is 9.75. The van der Waals surface area contributed by atoms with E-state index < -0.39 is 16.9 Å². The third-order valence-electron chi connectivity index (χ3n) is 3.87. The quantitative estimate of drug-likeness (QED) is 0.726. The topological polar surface area (TPSA) is 67.4 Å². The Morgan fingerprint density at radius 1 is 1.39 bits per heavy atom. The summed E-state index contributed by atoms with van der Waals surface area (Å²) >= 11 is 0. The van der Waals surface area contributed by atoms with Gasteiger partial charge in [0.15, 0.2) is 0 Å². The molecule has 104 valence electrons. The van der Waals surface area contributed by atoms with Crippen LogP contribution in [0.5, 0.6) is 0 Å². The molecule has 0 saturated carbocycles. The zero-order valence-corrected chi connectivity index (χ0v) is 11.9. The average molecular weight is 256 g/mol. The molecule has 5 nitrogen and oxygen atoms in total. The minimum absolute atomic E-state index is 0.0714. The van der Waals surface area contributed by atoms with E-state index in [0.29, 0.717) is 6.54 Å². The molecule has 1 atom stereocenters. The summed E-state index contributed by atoms with van der Waals surface area (Å²) in [5, 5.41) is 6.04. The molecule has 0 aromatic rings. The van der Waals surface area contributed by atoms with Gasteiger partial charge in [0.25, 0.3) is 0 Å². The summed E-state index contributed by atoms with van der Waals surface area (Å²) in [6.45, 7) is 8.90. The zero-order valence-electron chi connectivity index (χ0n) is 11.9. The van der Waals surface area contributed by atoms with Crippen LogP contribution in [-0.2, 0) is 14.3 Å². The van der Waals surface area contributed by atoms with Crippen LogP contribution in [0.4, 0.5) is 0 Å². The standard InChI is InChI=1S/C13H24N2O3/c1-9(2)13(6-7-14-8-13)10(16)15-12(3,4)11(17)18-5/h9,14H,6-8H2,1-5H3,(H,15,16). The molecule has 1 unspecified atom stereocenters. The van der Waals surface area contributed by atoms with Crippen LogP contribution in [-0.4, -0.2) is 37.6 Å². The number of hydrogen-bond donors (Lipinski definition) is 2. The van der Waals surface area contributed by atoms with Crippen molar-refractivity contribution in [2.24, 2.45) is 11.3 Å². The molecule has 0 aromatic heterocycles. The number of methoxy groups -OCH3 is 1. The van der Waals surface area contributed by atoms with Gasteiger partial charge in [0.2, 0.25) is 5.91 Å². The van der Waals surface area contributed by atoms with Crippen LogP contribution in [0.1, 0.15) is 34.1 Å². The van der Waals surface area contributed by atoms with Crippen molar-refractivity contribution < 1.29 is 14.3 Å². The summed E-state index contributed by atoms with van der Waals surface area (Å²) in [6, 6.07) is 0. The fraction of sp³-hybridized carbons (Fsp3) is 0.846. The van der Waals surface area contributed by atoms with Crippen molar-refractivity contribution in [3.8, 4) is 0 Å². The highest BCUT2D eigenvalue weighted by Gasteiger charge is 2.46. The van der Waals surface area contributed by atoms with E-state index in [-0.39, 0.29) is 11.8 Å². The van der Waals surface area contributed by atoms with Crippen LogP contribution < -0.4 is 10.6 Å². The van der Waals surface area contributed by atoms with E-state index in [2.05, 4.69) is 10.6 Å². The van der Waals surface area contributed by atoms with Crippen LogP contribution >= 0.6 is 0 Å². The Morgan fingerprint density at radius 2 is 2.00 bits per heavy atom. The summed E-state index contributed by atoms with van der Waals surface area (Å²) in [4.78, 5) is 24.1. The van der Waals surface area contributed by atoms with E-state index in [1.54, 1.807) is 13.8 Å². The third kappa shape index (κ3) is 2.66. The Hall–Kier alpha value is -1.10. The van der Waals surface area contributed by atoms with Crippen molar-refractivity contribution in [2.75, 3.05) is 20.2 Å². The van der Waals surface area contributed by atoms with Crippen LogP contribution in [0.25, 0.3) is 0 Å². The first-order valence-corrected chi connectivity index (χ1v) is 6.38. The van der Waals surface area contributed by atoms with Crippen LogP contribution in [0, 0.1) is 11.3 Å². The van der Waals surface area contributed by atoms with E-state index in [0.717, 1.165) is 13.0 Å². The van der Waals surface area contributed by atoms with Gasteiger partial charge in [0.1, 0.15) is 5.54 Å². The van der Waals surface area contributed by atoms with E-state index in [1.165, 1.54) is 7.11 Å². The first kappa shape index (κ1) is 15.0. The predicted molar refractivity (Wildman–Crippen MR) is 69.0 cm³/mol. The number of ether oxygens (including phenoxy) is 1. The molecule has 1 heterocycles. The maximum Gasteiger partial charge on any atom is 0.330 e. The van der Waals surface area contributed by atoms with Crippen molar-refractivity contribution in [1.29, 1.82) is 0 Å². The molecular weight excluding hydrogens is 232 g/mol. The predicted octanol–water partition coefficient (Wildman–Crippen LogP) is 0.690. The van der Waals surface area contributed by atoms with Gasteiger partial charge in [-0.3, -0.25) is 4.79 Å². The first-order valence-electron chi connectivity index (χ1n) is 6.38. The second-order valence-electron chi connectivity index (χ2n) is 5.81. The van der Waals surface area contributed by atoms with Gasteiger partial charge in [-0.05, 0) is 32.7 Å². The van der Waals surface area contributed by atoms with E-state index in [1.807, 2.05) is 13.8 Å². The van der Waals surface area contributed by atoms with Crippen molar-refractivity contribution in [3.05, 3.63) is 0 Å². The molecule has 1 saturated heterocycles. The minimum atomic E-state index is -0.990. The number of rotatable bonds is 4. The van der Waals surface area contributed by atoms with Gasteiger partial charge in [-0.15, -0.1) is 0 Å². The molecule has 0 radical (unpaired) electrons. The van der Waals surface area contributed by atoms with E-state index >= 15 is 0 Å². The molecule has 5 heteroatoms. The Balaban J connectivity index is 2.84. The fourth-order valence-electron chi connectivity index (χ4n) is 2.37. The SMILES string of the molecule is COC(=O)C(C)(C)NC(=O)C1(C(C)C)CCNC1. The van der Waals surface area contributed by atoms with E-state index in [9.17, 15) is 9.59 Å². The van der Waals surface area contributed by atoms with Gasteiger partial charge in [0, 0.05) is 6.54 Å². The molecule has 1 amide bonds. The van der Waals surface area contributed by atoms with Gasteiger partial charge in [0.05, 0.1) is 12.5 Å². The normalized spacial score (nSPS) is 24.1. The summed E-state index contributed by atoms with van der Waals surface area (Å²) in [6.07, 6.45) is 0.799. The molecule has 18 heavy (non-hydrogen) atoms. The first-order chi connectivity index (χ1) is 8.26. The second-order valence-corrected chi connectivity index (χ2v) is 5.81. The lowest BCUT2D eigenvalue weighted by Crippen LogP contribution is -2.56. The summed E-state index contributed by atoms with van der Waals surface area (Å²) in [7, 11) is 1.32. The van der Waals surface area contributed by atoms with Gasteiger partial charge in [-0.25, -0.2) is 4.79 Å². The smallest absolute Gasteiger partial charge is 0.330 e. The molecule has 0 spiro atoms. The summed E-state index contributed by atoms with van der Waals surface area (Å²) in [5.74, 6) is -0.278. The molecule has 0 aromatic carbocycles. The van der Waals surface area contributed by atoms with Gasteiger partial charge >= 0.3 is 5.97 Å². The summed E-state index contributed by atoms with van der Waals surface area (Å²) < 4.78 is 4.70. The van der Waals surface area contributed by atoms with Crippen molar-refractivity contribution in [3.63, 3.8) is 0 Å². The molecule has 1 aliphatic heterocycles. The Labute approximate surface area is 109 Å². The maximum absolute atomic E-state index is 12.5. The van der Waals surface area contributed by atoms with Gasteiger partial charge < -0.3 is 15.4 Å². The molecule has 1 rings (SSSR count). The number of hydrogen-bond acceptors (Lipinski definition) is 4. The Morgan fingerprint density at radius 3 is 2.39 bits per heavy atom. The minimum Gasteiger partial charge on any atom is -0.467 e. The number of esters is 1. The van der Waals surface area contributed by atoms with Crippen molar-refractivity contribution >= 4 is 11.9 Å². The number of amides is 1. The monoisotopic (exact) mass is 256 g/mol. The molecular formula is C13H24N2O3.